The minimum Gasteiger partial charge on any atom is -0.455 e. The van der Waals surface area contributed by atoms with Crippen molar-refractivity contribution in [2.45, 2.75) is 174 Å². The minimum atomic E-state index is -2.81. The highest BCUT2D eigenvalue weighted by molar-refractivity contribution is 7.99. The van der Waals surface area contributed by atoms with Gasteiger partial charge in [-0.15, -0.1) is 4.52 Å². The molecule has 8 heteroatoms. The topological polar surface area (TPSA) is 82.1 Å². The van der Waals surface area contributed by atoms with Crippen molar-refractivity contribution in [2.24, 2.45) is 0 Å². The van der Waals surface area contributed by atoms with Gasteiger partial charge in [-0.1, -0.05) is 111 Å². The summed E-state index contributed by atoms with van der Waals surface area (Å²) in [5, 5.41) is 11.2. The number of carbonyl (C=O) groups is 1. The molecule has 1 N–H and O–H groups in total. The largest absolute Gasteiger partial charge is 0.589 e. The van der Waals surface area contributed by atoms with E-state index >= 15 is 0 Å². The van der Waals surface area contributed by atoms with Gasteiger partial charge in [-0.2, -0.15) is 11.8 Å². The molecule has 0 heterocycles. The summed E-state index contributed by atoms with van der Waals surface area (Å²) in [6.07, 6.45) is 19.5. The second kappa shape index (κ2) is 24.6. The monoisotopic (exact) mass is 579 g/mol. The van der Waals surface area contributed by atoms with E-state index in [9.17, 15) is 14.5 Å². The molecule has 226 valence electrons. The summed E-state index contributed by atoms with van der Waals surface area (Å²) in [7, 11) is -2.81. The Hall–Kier alpha value is -0.200. The zero-order valence-corrected chi connectivity index (χ0v) is 27.2. The average Bonchev–Trinajstić information content (AvgIpc) is 2.88. The van der Waals surface area contributed by atoms with E-state index in [1.54, 1.807) is 13.8 Å². The molecule has 0 amide bonds. The van der Waals surface area contributed by atoms with Crippen LogP contribution in [-0.2, 0) is 23.4 Å². The Morgan fingerprint density at radius 2 is 1.29 bits per heavy atom. The van der Waals surface area contributed by atoms with Crippen LogP contribution in [0, 0.1) is 0 Å². The number of hydrogen-bond donors (Lipinski definition) is 1. The number of rotatable bonds is 27. The molecule has 38 heavy (non-hydrogen) atoms. The molecule has 0 saturated carbocycles. The molecule has 4 atom stereocenters. The van der Waals surface area contributed by atoms with Gasteiger partial charge >= 0.3 is 19.5 Å². The molecule has 0 rings (SSSR count). The van der Waals surface area contributed by atoms with Crippen molar-refractivity contribution in [1.29, 1.82) is 0 Å². The summed E-state index contributed by atoms with van der Waals surface area (Å²) in [6.45, 7) is 11.7. The Bertz CT molecular complexity index is 591. The third kappa shape index (κ3) is 18.2. The van der Waals surface area contributed by atoms with Crippen LogP contribution in [0.1, 0.15) is 151 Å². The highest BCUT2D eigenvalue weighted by atomic mass is 32.2. The van der Waals surface area contributed by atoms with Gasteiger partial charge in [0.1, 0.15) is 6.61 Å². The second-order valence-electron chi connectivity index (χ2n) is 10.8. The molecule has 0 aliphatic heterocycles. The van der Waals surface area contributed by atoms with Gasteiger partial charge in [-0.3, -0.25) is 4.74 Å². The minimum absolute atomic E-state index is 0.0862. The number of unbranched alkanes of at least 4 members (excludes halogenated alkanes) is 13. The molecule has 0 bridgehead atoms. The Labute approximate surface area is 240 Å². The van der Waals surface area contributed by atoms with E-state index < -0.39 is 31.7 Å². The van der Waals surface area contributed by atoms with Crippen LogP contribution in [-0.4, -0.2) is 46.4 Å². The van der Waals surface area contributed by atoms with Crippen molar-refractivity contribution >= 4 is 25.8 Å². The molecule has 4 unspecified atom stereocenters. The fourth-order valence-corrected chi connectivity index (χ4v) is 6.59. The zero-order chi connectivity index (χ0) is 28.7. The van der Waals surface area contributed by atoms with Gasteiger partial charge in [0.15, 0.2) is 0 Å². The van der Waals surface area contributed by atoms with Crippen LogP contribution in [0.4, 0.5) is 0 Å². The maximum absolute atomic E-state index is 12.8. The third-order valence-electron chi connectivity index (χ3n) is 6.56. The number of esters is 1. The van der Waals surface area contributed by atoms with E-state index in [4.69, 9.17) is 14.0 Å². The number of thioether (sulfide) groups is 1. The highest BCUT2D eigenvalue weighted by Crippen LogP contribution is 2.43. The molecule has 0 aliphatic rings. The Balaban J connectivity index is 4.95. The second-order valence-corrected chi connectivity index (χ2v) is 13.5. The first-order chi connectivity index (χ1) is 18.2. The number of hydrogen-bond acceptors (Lipinski definition) is 7. The van der Waals surface area contributed by atoms with Crippen LogP contribution in [0.15, 0.2) is 0 Å². The van der Waals surface area contributed by atoms with E-state index in [0.717, 1.165) is 31.4 Å². The van der Waals surface area contributed by atoms with Gasteiger partial charge in [0.2, 0.25) is 0 Å². The molecule has 0 aromatic carbocycles. The van der Waals surface area contributed by atoms with Crippen molar-refractivity contribution in [2.75, 3.05) is 12.4 Å². The summed E-state index contributed by atoms with van der Waals surface area (Å²) in [6, 6.07) is 0. The maximum Gasteiger partial charge on any atom is 0.589 e. The fourth-order valence-electron chi connectivity index (χ4n) is 4.28. The number of aliphatic hydroxyl groups is 1. The van der Waals surface area contributed by atoms with Gasteiger partial charge in [-0.25, -0.2) is 4.79 Å². The number of ether oxygens (including phenoxy) is 2. The van der Waals surface area contributed by atoms with Crippen molar-refractivity contribution < 1.29 is 28.5 Å². The van der Waals surface area contributed by atoms with Crippen molar-refractivity contribution in [1.82, 2.24) is 0 Å². The van der Waals surface area contributed by atoms with Crippen LogP contribution in [0.25, 0.3) is 0 Å². The Kier molecular flexibility index (Phi) is 24.5. The third-order valence-corrected chi connectivity index (χ3v) is 9.34. The fraction of sp³-hybridized carbons (Fsp3) is 0.967. The Morgan fingerprint density at radius 1 is 0.789 bits per heavy atom. The van der Waals surface area contributed by atoms with E-state index in [1.165, 1.54) is 77.0 Å². The van der Waals surface area contributed by atoms with Crippen LogP contribution in [0.2, 0.25) is 0 Å². The first kappa shape index (κ1) is 37.8. The normalized spacial score (nSPS) is 15.3. The molecule has 0 aliphatic carbocycles. The van der Waals surface area contributed by atoms with Gasteiger partial charge in [0.05, 0.1) is 12.2 Å². The molecule has 0 radical (unpaired) electrons. The lowest BCUT2D eigenvalue weighted by Gasteiger charge is -2.27. The summed E-state index contributed by atoms with van der Waals surface area (Å²) < 4.78 is 29.2. The molecular weight excluding hydrogens is 519 g/mol. The predicted octanol–water partition coefficient (Wildman–Crippen LogP) is 9.54. The molecule has 0 saturated heterocycles. The number of carbonyl (C=O) groups excluding carboxylic acids is 1. The summed E-state index contributed by atoms with van der Waals surface area (Å²) in [4.78, 5) is 12.8. The first-order valence-corrected chi connectivity index (χ1v) is 17.8. The molecule has 0 aromatic heterocycles. The highest BCUT2D eigenvalue weighted by Gasteiger charge is 2.63. The van der Waals surface area contributed by atoms with Crippen LogP contribution >= 0.6 is 19.8 Å². The summed E-state index contributed by atoms with van der Waals surface area (Å²) in [5.74, 6) is -0.0325. The van der Waals surface area contributed by atoms with Crippen molar-refractivity contribution in [3.05, 3.63) is 0 Å². The quantitative estimate of drug-likeness (QED) is 0.0449. The standard InChI is InChI=1S/C30H60O6PS/c1-7-10-12-14-15-16-17-18-20-22-25-38-28(23-21-19-13-11-8-2)27(6)36-30(32,29(31)35-26(4)5)37(33)34-24-9-3/h26-28,32H,7-25H2,1-6H3/q+1. The van der Waals surface area contributed by atoms with E-state index in [1.807, 2.05) is 25.6 Å². The SMILES string of the molecule is CCCCCCCCCCCCSC(CCCCCCC)C(C)OC(O)(C(=O)OC(C)C)[P+](=O)OCCC. The lowest BCUT2D eigenvalue weighted by Crippen LogP contribution is -2.45. The van der Waals surface area contributed by atoms with Gasteiger partial charge in [0, 0.05) is 5.25 Å². The lowest BCUT2D eigenvalue weighted by molar-refractivity contribution is -0.212. The molecule has 0 aromatic rings. The summed E-state index contributed by atoms with van der Waals surface area (Å²) >= 11 is 1.84. The lowest BCUT2D eigenvalue weighted by atomic mass is 10.1. The van der Waals surface area contributed by atoms with Crippen LogP contribution in [0.5, 0.6) is 0 Å². The van der Waals surface area contributed by atoms with Gasteiger partial charge in [-0.05, 0) is 50.4 Å². The zero-order valence-electron chi connectivity index (χ0n) is 25.5. The molecule has 6 nitrogen and oxygen atoms in total. The van der Waals surface area contributed by atoms with E-state index in [2.05, 4.69) is 13.8 Å². The first-order valence-electron chi connectivity index (χ1n) is 15.6. The molecule has 0 fully saturated rings. The summed E-state index contributed by atoms with van der Waals surface area (Å²) in [5.41, 5.74) is -2.60. The van der Waals surface area contributed by atoms with E-state index in [0.29, 0.717) is 6.42 Å². The van der Waals surface area contributed by atoms with Crippen molar-refractivity contribution in [3.63, 3.8) is 0 Å². The molecule has 0 spiro atoms. The van der Waals surface area contributed by atoms with Crippen LogP contribution in [0.3, 0.4) is 0 Å². The smallest absolute Gasteiger partial charge is 0.455 e. The van der Waals surface area contributed by atoms with Crippen molar-refractivity contribution in [3.8, 4) is 0 Å². The van der Waals surface area contributed by atoms with Crippen LogP contribution < -0.4 is 0 Å². The van der Waals surface area contributed by atoms with E-state index in [-0.39, 0.29) is 11.9 Å². The molecular formula is C30H60O6PS+. The van der Waals surface area contributed by atoms with Gasteiger partial charge < -0.3 is 9.84 Å². The predicted molar refractivity (Wildman–Crippen MR) is 162 cm³/mol. The maximum atomic E-state index is 12.8. The average molecular weight is 580 g/mol. The van der Waals surface area contributed by atoms with Gasteiger partial charge in [0.25, 0.3) is 0 Å². The Morgan fingerprint density at radius 3 is 1.79 bits per heavy atom.